The van der Waals surface area contributed by atoms with E-state index in [0.717, 1.165) is 28.5 Å². The molecule has 0 saturated carbocycles. The lowest BCUT2D eigenvalue weighted by atomic mass is 10.0. The van der Waals surface area contributed by atoms with Gasteiger partial charge >= 0.3 is 12.3 Å². The number of amides is 1. The van der Waals surface area contributed by atoms with Crippen molar-refractivity contribution in [3.63, 3.8) is 0 Å². The predicted molar refractivity (Wildman–Crippen MR) is 138 cm³/mol. The van der Waals surface area contributed by atoms with Gasteiger partial charge in [0.25, 0.3) is 0 Å². The summed E-state index contributed by atoms with van der Waals surface area (Å²) < 4.78 is 44.2. The van der Waals surface area contributed by atoms with Crippen LogP contribution in [0.15, 0.2) is 59.9 Å². The number of aromatic nitrogens is 2. The number of aliphatic imine (C=N–C) groups is 1. The first-order valence-corrected chi connectivity index (χ1v) is 12.6. The van der Waals surface area contributed by atoms with Gasteiger partial charge in [0.2, 0.25) is 0 Å². The quantitative estimate of drug-likeness (QED) is 0.461. The van der Waals surface area contributed by atoms with Crippen molar-refractivity contribution in [1.82, 2.24) is 15.1 Å². The van der Waals surface area contributed by atoms with Crippen molar-refractivity contribution in [1.29, 1.82) is 0 Å². The third-order valence-electron chi connectivity index (χ3n) is 5.62. The van der Waals surface area contributed by atoms with Crippen LogP contribution in [0.1, 0.15) is 42.7 Å². The standard InChI is InChI=1S/C26H28F3N5O2S/c1-25(2,3)36-24(35)34(15-21(30)10-16-4-8-20(9-5-16)26(27,28)29)23-31-14-22(37-23)17-6-7-18-12-32-33-13-19(18)11-17/h4-9,11-13,21-22H,10,14-15,30H2,1-3H3. The topological polar surface area (TPSA) is 93.7 Å². The largest absolute Gasteiger partial charge is 0.443 e. The molecule has 0 aliphatic carbocycles. The molecule has 0 fully saturated rings. The highest BCUT2D eigenvalue weighted by Crippen LogP contribution is 2.38. The first kappa shape index (κ1) is 26.9. The average molecular weight is 532 g/mol. The number of alkyl halides is 3. The second-order valence-corrected chi connectivity index (χ2v) is 11.0. The summed E-state index contributed by atoms with van der Waals surface area (Å²) in [5.41, 5.74) is 6.60. The van der Waals surface area contributed by atoms with E-state index in [-0.39, 0.29) is 18.2 Å². The number of rotatable bonds is 5. The smallest absolute Gasteiger partial charge is 0.416 e. The van der Waals surface area contributed by atoms with Gasteiger partial charge < -0.3 is 10.5 Å². The molecule has 2 N–H and O–H groups in total. The molecule has 0 bridgehead atoms. The Morgan fingerprint density at radius 2 is 1.78 bits per heavy atom. The maximum absolute atomic E-state index is 13.1. The fourth-order valence-electron chi connectivity index (χ4n) is 3.88. The summed E-state index contributed by atoms with van der Waals surface area (Å²) in [6.45, 7) is 5.89. The number of thioether (sulfide) groups is 1. The molecule has 2 unspecified atom stereocenters. The van der Waals surface area contributed by atoms with E-state index in [9.17, 15) is 18.0 Å². The highest BCUT2D eigenvalue weighted by molar-refractivity contribution is 8.14. The molecule has 3 aromatic rings. The van der Waals surface area contributed by atoms with Crippen molar-refractivity contribution in [2.75, 3.05) is 13.1 Å². The maximum Gasteiger partial charge on any atom is 0.416 e. The zero-order valence-electron chi connectivity index (χ0n) is 20.7. The van der Waals surface area contributed by atoms with Crippen LogP contribution < -0.4 is 5.73 Å². The van der Waals surface area contributed by atoms with Crippen molar-refractivity contribution < 1.29 is 22.7 Å². The highest BCUT2D eigenvalue weighted by atomic mass is 32.2. The van der Waals surface area contributed by atoms with Crippen LogP contribution in [0.2, 0.25) is 0 Å². The Morgan fingerprint density at radius 1 is 1.11 bits per heavy atom. The molecule has 0 radical (unpaired) electrons. The molecule has 2 aromatic carbocycles. The number of hydrogen-bond donors (Lipinski definition) is 1. The number of nitrogens with two attached hydrogens (primary N) is 1. The molecule has 1 aliphatic heterocycles. The van der Waals surface area contributed by atoms with Gasteiger partial charge in [0.1, 0.15) is 5.60 Å². The molecule has 1 aliphatic rings. The molecule has 7 nitrogen and oxygen atoms in total. The molecule has 1 amide bonds. The Labute approximate surface area is 217 Å². The lowest BCUT2D eigenvalue weighted by Crippen LogP contribution is -2.46. The normalized spacial score (nSPS) is 16.9. The van der Waals surface area contributed by atoms with Crippen molar-refractivity contribution in [2.24, 2.45) is 10.7 Å². The van der Waals surface area contributed by atoms with Crippen LogP contribution in [-0.4, -0.2) is 51.1 Å². The number of carbonyl (C=O) groups is 1. The SMILES string of the molecule is CC(C)(C)OC(=O)N(CC(N)Cc1ccc(C(F)(F)F)cc1)C1=NCC(c2ccc3cnncc3c2)S1. The lowest BCUT2D eigenvalue weighted by molar-refractivity contribution is -0.137. The fraction of sp³-hybridized carbons (Fsp3) is 0.385. The lowest BCUT2D eigenvalue weighted by Gasteiger charge is -2.29. The van der Waals surface area contributed by atoms with Crippen molar-refractivity contribution in [2.45, 2.75) is 50.3 Å². The summed E-state index contributed by atoms with van der Waals surface area (Å²) in [5.74, 6) is 0. The minimum atomic E-state index is -4.40. The second kappa shape index (κ2) is 10.7. The van der Waals surface area contributed by atoms with Gasteiger partial charge in [-0.2, -0.15) is 23.4 Å². The van der Waals surface area contributed by atoms with Gasteiger partial charge in [0.05, 0.1) is 29.8 Å². The van der Waals surface area contributed by atoms with Crippen molar-refractivity contribution in [3.05, 3.63) is 71.5 Å². The number of ether oxygens (including phenoxy) is 1. The monoisotopic (exact) mass is 531 g/mol. The summed E-state index contributed by atoms with van der Waals surface area (Å²) in [5, 5.41) is 10.3. The summed E-state index contributed by atoms with van der Waals surface area (Å²) in [6.07, 6.45) is -1.29. The number of hydrogen-bond acceptors (Lipinski definition) is 7. The molecule has 2 atom stereocenters. The summed E-state index contributed by atoms with van der Waals surface area (Å²) in [7, 11) is 0. The summed E-state index contributed by atoms with van der Waals surface area (Å²) in [4.78, 5) is 19.2. The van der Waals surface area contributed by atoms with E-state index in [1.807, 2.05) is 18.2 Å². The van der Waals surface area contributed by atoms with E-state index >= 15 is 0 Å². The number of carbonyl (C=O) groups excluding carboxylic acids is 1. The minimum absolute atomic E-state index is 0.0105. The molecule has 196 valence electrons. The molecular weight excluding hydrogens is 503 g/mol. The van der Waals surface area contributed by atoms with Crippen LogP contribution in [0.25, 0.3) is 10.8 Å². The Bertz CT molecular complexity index is 1290. The number of halogens is 3. The van der Waals surface area contributed by atoms with Gasteiger partial charge in [-0.1, -0.05) is 36.0 Å². The zero-order chi connectivity index (χ0) is 26.8. The van der Waals surface area contributed by atoms with Crippen LogP contribution in [0.4, 0.5) is 18.0 Å². The first-order valence-electron chi connectivity index (χ1n) is 11.7. The molecule has 0 spiro atoms. The molecule has 11 heteroatoms. The van der Waals surface area contributed by atoms with Gasteiger partial charge in [-0.3, -0.25) is 9.89 Å². The van der Waals surface area contributed by atoms with Gasteiger partial charge in [-0.05, 0) is 56.5 Å². The van der Waals surface area contributed by atoms with E-state index in [1.165, 1.54) is 28.8 Å². The number of benzene rings is 2. The second-order valence-electron chi connectivity index (χ2n) is 9.86. The van der Waals surface area contributed by atoms with Crippen LogP contribution in [0.3, 0.4) is 0 Å². The van der Waals surface area contributed by atoms with Crippen LogP contribution in [0, 0.1) is 0 Å². The van der Waals surface area contributed by atoms with E-state index in [0.29, 0.717) is 17.3 Å². The number of amidine groups is 1. The van der Waals surface area contributed by atoms with Crippen LogP contribution in [-0.2, 0) is 17.3 Å². The van der Waals surface area contributed by atoms with Crippen LogP contribution in [0.5, 0.6) is 0 Å². The molecule has 0 saturated heterocycles. The predicted octanol–water partition coefficient (Wildman–Crippen LogP) is 5.60. The van der Waals surface area contributed by atoms with Crippen molar-refractivity contribution in [3.8, 4) is 0 Å². The number of fused-ring (bicyclic) bond motifs is 1. The van der Waals surface area contributed by atoms with E-state index < -0.39 is 29.5 Å². The van der Waals surface area contributed by atoms with Crippen molar-refractivity contribution >= 4 is 33.8 Å². The summed E-state index contributed by atoms with van der Waals surface area (Å²) in [6, 6.07) is 10.3. The Balaban J connectivity index is 1.48. The minimum Gasteiger partial charge on any atom is -0.443 e. The van der Waals surface area contributed by atoms with Gasteiger partial charge in [0, 0.05) is 23.4 Å². The molecular formula is C26H28F3N5O2S. The van der Waals surface area contributed by atoms with Gasteiger partial charge in [-0.15, -0.1) is 0 Å². The molecule has 2 heterocycles. The van der Waals surface area contributed by atoms with Crippen LogP contribution >= 0.6 is 11.8 Å². The molecule has 1 aromatic heterocycles. The average Bonchev–Trinajstić information content (AvgIpc) is 3.31. The maximum atomic E-state index is 13.1. The third-order valence-corrected chi connectivity index (χ3v) is 6.89. The molecule has 37 heavy (non-hydrogen) atoms. The van der Waals surface area contributed by atoms with E-state index in [1.54, 1.807) is 33.2 Å². The highest BCUT2D eigenvalue weighted by Gasteiger charge is 2.33. The molecule has 4 rings (SSSR count). The Kier molecular flexibility index (Phi) is 7.75. The number of nitrogens with zero attached hydrogens (tertiary/aromatic N) is 4. The summed E-state index contributed by atoms with van der Waals surface area (Å²) >= 11 is 1.45. The Morgan fingerprint density at radius 3 is 2.43 bits per heavy atom. The van der Waals surface area contributed by atoms with Gasteiger partial charge in [-0.25, -0.2) is 4.79 Å². The van der Waals surface area contributed by atoms with Gasteiger partial charge in [0.15, 0.2) is 5.17 Å². The fourth-order valence-corrected chi connectivity index (χ4v) is 4.99. The third kappa shape index (κ3) is 6.98. The zero-order valence-corrected chi connectivity index (χ0v) is 21.5. The van der Waals surface area contributed by atoms with E-state index in [2.05, 4.69) is 15.2 Å². The first-order chi connectivity index (χ1) is 17.4. The van der Waals surface area contributed by atoms with E-state index in [4.69, 9.17) is 10.5 Å². The Hall–Kier alpha value is -3.18.